The van der Waals surface area contributed by atoms with Crippen LogP contribution in [-0.2, 0) is 14.3 Å². The van der Waals surface area contributed by atoms with Gasteiger partial charge in [-0.2, -0.15) is 0 Å². The first-order valence-electron chi connectivity index (χ1n) is 2.81. The van der Waals surface area contributed by atoms with E-state index in [1.165, 1.54) is 0 Å². The molecule has 4 nitrogen and oxygen atoms in total. The third-order valence-corrected chi connectivity index (χ3v) is 1.11. The standard InChI is InChI=1S/C6H6O4/c7-4-1-2-10-5(3-4)6(8)9/h3H,1-2H2,(H,8,9). The van der Waals surface area contributed by atoms with Gasteiger partial charge in [-0.1, -0.05) is 0 Å². The Bertz CT molecular complexity index is 204. The number of rotatable bonds is 1. The molecule has 0 saturated heterocycles. The Kier molecular flexibility index (Phi) is 1.71. The fourth-order valence-corrected chi connectivity index (χ4v) is 0.645. The van der Waals surface area contributed by atoms with Crippen LogP contribution in [0.5, 0.6) is 0 Å². The minimum absolute atomic E-state index is 0.178. The Morgan fingerprint density at radius 2 is 2.40 bits per heavy atom. The third-order valence-electron chi connectivity index (χ3n) is 1.11. The van der Waals surface area contributed by atoms with Gasteiger partial charge in [0.05, 0.1) is 6.61 Å². The molecule has 0 aromatic heterocycles. The first-order chi connectivity index (χ1) is 4.70. The smallest absolute Gasteiger partial charge is 0.371 e. The van der Waals surface area contributed by atoms with Gasteiger partial charge < -0.3 is 9.84 Å². The summed E-state index contributed by atoms with van der Waals surface area (Å²) in [5, 5.41) is 8.31. The average molecular weight is 142 g/mol. The Balaban J connectivity index is 2.75. The van der Waals surface area contributed by atoms with E-state index in [1.54, 1.807) is 0 Å². The lowest BCUT2D eigenvalue weighted by molar-refractivity contribution is -0.138. The Hall–Kier alpha value is -1.32. The van der Waals surface area contributed by atoms with Crippen molar-refractivity contribution in [3.05, 3.63) is 11.8 Å². The summed E-state index contributed by atoms with van der Waals surface area (Å²) in [5.74, 6) is -1.63. The number of carboxylic acids is 1. The molecule has 4 heteroatoms. The molecule has 1 aliphatic heterocycles. The van der Waals surface area contributed by atoms with E-state index in [4.69, 9.17) is 5.11 Å². The number of ketones is 1. The second kappa shape index (κ2) is 2.51. The summed E-state index contributed by atoms with van der Waals surface area (Å²) in [4.78, 5) is 20.7. The van der Waals surface area contributed by atoms with Gasteiger partial charge in [-0.25, -0.2) is 4.79 Å². The van der Waals surface area contributed by atoms with Gasteiger partial charge in [-0.3, -0.25) is 4.79 Å². The van der Waals surface area contributed by atoms with Crippen LogP contribution < -0.4 is 0 Å². The predicted molar refractivity (Wildman–Crippen MR) is 31.3 cm³/mol. The second-order valence-electron chi connectivity index (χ2n) is 1.88. The van der Waals surface area contributed by atoms with E-state index in [0.717, 1.165) is 6.08 Å². The van der Waals surface area contributed by atoms with Crippen LogP contribution in [0.2, 0.25) is 0 Å². The Labute approximate surface area is 57.1 Å². The van der Waals surface area contributed by atoms with Crippen molar-refractivity contribution < 1.29 is 19.4 Å². The van der Waals surface area contributed by atoms with Crippen molar-refractivity contribution >= 4 is 11.8 Å². The molecular formula is C6H6O4. The monoisotopic (exact) mass is 142 g/mol. The molecule has 54 valence electrons. The van der Waals surface area contributed by atoms with E-state index >= 15 is 0 Å². The second-order valence-corrected chi connectivity index (χ2v) is 1.88. The van der Waals surface area contributed by atoms with Crippen molar-refractivity contribution in [2.24, 2.45) is 0 Å². The number of hydrogen-bond acceptors (Lipinski definition) is 3. The van der Waals surface area contributed by atoms with Crippen LogP contribution in [0, 0.1) is 0 Å². The van der Waals surface area contributed by atoms with Crippen LogP contribution >= 0.6 is 0 Å². The van der Waals surface area contributed by atoms with Gasteiger partial charge in [0, 0.05) is 12.5 Å². The van der Waals surface area contributed by atoms with E-state index in [-0.39, 0.29) is 24.6 Å². The van der Waals surface area contributed by atoms with E-state index in [0.29, 0.717) is 0 Å². The number of carbonyl (C=O) groups excluding carboxylic acids is 1. The van der Waals surface area contributed by atoms with Gasteiger partial charge in [0.25, 0.3) is 0 Å². The zero-order chi connectivity index (χ0) is 7.56. The molecule has 0 bridgehead atoms. The lowest BCUT2D eigenvalue weighted by atomic mass is 10.2. The molecule has 0 fully saturated rings. The molecular weight excluding hydrogens is 136 g/mol. The molecule has 0 aliphatic carbocycles. The van der Waals surface area contributed by atoms with Gasteiger partial charge in [-0.15, -0.1) is 0 Å². The lowest BCUT2D eigenvalue weighted by Gasteiger charge is -2.09. The number of allylic oxidation sites excluding steroid dienone is 1. The van der Waals surface area contributed by atoms with E-state index in [9.17, 15) is 9.59 Å². The number of hydrogen-bond donors (Lipinski definition) is 1. The average Bonchev–Trinajstić information content (AvgIpc) is 1.88. The quantitative estimate of drug-likeness (QED) is 0.557. The van der Waals surface area contributed by atoms with Crippen molar-refractivity contribution in [3.8, 4) is 0 Å². The van der Waals surface area contributed by atoms with Crippen LogP contribution in [0.15, 0.2) is 11.8 Å². The number of carboxylic acid groups (broad SMARTS) is 1. The van der Waals surface area contributed by atoms with E-state index in [2.05, 4.69) is 4.74 Å². The van der Waals surface area contributed by atoms with Crippen molar-refractivity contribution in [1.29, 1.82) is 0 Å². The molecule has 0 radical (unpaired) electrons. The topological polar surface area (TPSA) is 63.6 Å². The van der Waals surface area contributed by atoms with Gasteiger partial charge in [0.1, 0.15) is 0 Å². The summed E-state index contributed by atoms with van der Waals surface area (Å²) in [6, 6.07) is 0. The van der Waals surface area contributed by atoms with Gasteiger partial charge in [0.15, 0.2) is 5.78 Å². The molecule has 0 unspecified atom stereocenters. The first-order valence-corrected chi connectivity index (χ1v) is 2.81. The third kappa shape index (κ3) is 1.34. The highest BCUT2D eigenvalue weighted by atomic mass is 16.5. The van der Waals surface area contributed by atoms with Gasteiger partial charge >= 0.3 is 5.97 Å². The molecule has 1 N–H and O–H groups in total. The summed E-state index contributed by atoms with van der Waals surface area (Å²) < 4.78 is 4.65. The fourth-order valence-electron chi connectivity index (χ4n) is 0.645. The number of ether oxygens (including phenoxy) is 1. The van der Waals surface area contributed by atoms with Crippen molar-refractivity contribution in [1.82, 2.24) is 0 Å². The van der Waals surface area contributed by atoms with Crippen LogP contribution in [0.4, 0.5) is 0 Å². The normalized spacial score (nSPS) is 17.6. The highest BCUT2D eigenvalue weighted by molar-refractivity contribution is 5.98. The summed E-state index contributed by atoms with van der Waals surface area (Å²) in [7, 11) is 0. The maximum Gasteiger partial charge on any atom is 0.371 e. The molecule has 1 rings (SSSR count). The molecule has 10 heavy (non-hydrogen) atoms. The van der Waals surface area contributed by atoms with E-state index < -0.39 is 5.97 Å². The van der Waals surface area contributed by atoms with Crippen molar-refractivity contribution in [2.75, 3.05) is 6.61 Å². The maximum atomic E-state index is 10.6. The number of aliphatic carboxylic acids is 1. The minimum Gasteiger partial charge on any atom is -0.486 e. The molecule has 0 saturated carbocycles. The SMILES string of the molecule is O=C1C=C(C(=O)O)OCC1. The number of carbonyl (C=O) groups is 2. The first kappa shape index (κ1) is 6.80. The molecule has 0 spiro atoms. The van der Waals surface area contributed by atoms with Gasteiger partial charge in [-0.05, 0) is 0 Å². The molecule has 0 aromatic rings. The lowest BCUT2D eigenvalue weighted by Crippen LogP contribution is -2.15. The zero-order valence-corrected chi connectivity index (χ0v) is 5.16. The largest absolute Gasteiger partial charge is 0.486 e. The molecule has 1 heterocycles. The summed E-state index contributed by atoms with van der Waals surface area (Å²) in [5.41, 5.74) is 0. The molecule has 0 amide bonds. The molecule has 1 aliphatic rings. The van der Waals surface area contributed by atoms with Gasteiger partial charge in [0.2, 0.25) is 5.76 Å². The van der Waals surface area contributed by atoms with E-state index in [1.807, 2.05) is 0 Å². The fraction of sp³-hybridized carbons (Fsp3) is 0.333. The van der Waals surface area contributed by atoms with Crippen molar-refractivity contribution in [3.63, 3.8) is 0 Å². The van der Waals surface area contributed by atoms with Crippen LogP contribution in [-0.4, -0.2) is 23.5 Å². The molecule has 0 atom stereocenters. The van der Waals surface area contributed by atoms with Crippen LogP contribution in [0.3, 0.4) is 0 Å². The van der Waals surface area contributed by atoms with Crippen LogP contribution in [0.25, 0.3) is 0 Å². The zero-order valence-electron chi connectivity index (χ0n) is 5.16. The predicted octanol–water partition coefficient (Wildman–Crippen LogP) is -0.0557. The minimum atomic E-state index is -1.19. The Morgan fingerprint density at radius 3 is 2.80 bits per heavy atom. The van der Waals surface area contributed by atoms with Crippen LogP contribution in [0.1, 0.15) is 6.42 Å². The maximum absolute atomic E-state index is 10.6. The molecule has 0 aromatic carbocycles. The van der Waals surface area contributed by atoms with Crippen molar-refractivity contribution in [2.45, 2.75) is 6.42 Å². The Morgan fingerprint density at radius 1 is 1.70 bits per heavy atom. The summed E-state index contributed by atoms with van der Waals surface area (Å²) in [6.45, 7) is 0.178. The highest BCUT2D eigenvalue weighted by Crippen LogP contribution is 2.06. The summed E-state index contributed by atoms with van der Waals surface area (Å²) >= 11 is 0. The highest BCUT2D eigenvalue weighted by Gasteiger charge is 2.15. The summed E-state index contributed by atoms with van der Waals surface area (Å²) in [6.07, 6.45) is 1.28.